The SMILES string of the molecule is CC[C@H]1CCCCN1C(=O)COC(=O)c1cc([N+](=O)[O-])ccc1N1CCOCC1. The maximum atomic E-state index is 12.7. The fraction of sp³-hybridized carbons (Fsp3) is 0.600. The summed E-state index contributed by atoms with van der Waals surface area (Å²) < 4.78 is 10.6. The van der Waals surface area contributed by atoms with Crippen LogP contribution < -0.4 is 4.90 Å². The number of rotatable bonds is 6. The molecule has 1 atom stereocenters. The van der Waals surface area contributed by atoms with Crippen LogP contribution >= 0.6 is 0 Å². The van der Waals surface area contributed by atoms with Crippen LogP contribution in [0.25, 0.3) is 0 Å². The van der Waals surface area contributed by atoms with Crippen molar-refractivity contribution >= 4 is 23.3 Å². The van der Waals surface area contributed by atoms with Gasteiger partial charge in [-0.3, -0.25) is 14.9 Å². The highest BCUT2D eigenvalue weighted by Crippen LogP contribution is 2.27. The highest BCUT2D eigenvalue weighted by atomic mass is 16.6. The minimum atomic E-state index is -0.728. The molecule has 0 aromatic heterocycles. The molecule has 0 spiro atoms. The first kappa shape index (κ1) is 21.0. The van der Waals surface area contributed by atoms with Crippen LogP contribution in [0, 0.1) is 10.1 Å². The number of non-ortho nitro benzene ring substituents is 1. The second kappa shape index (κ2) is 9.69. The Bertz CT molecular complexity index is 763. The van der Waals surface area contributed by atoms with Crippen molar-refractivity contribution in [3.05, 3.63) is 33.9 Å². The van der Waals surface area contributed by atoms with Gasteiger partial charge in [-0.05, 0) is 31.7 Å². The van der Waals surface area contributed by atoms with E-state index in [0.717, 1.165) is 25.7 Å². The molecule has 2 heterocycles. The van der Waals surface area contributed by atoms with E-state index in [1.165, 1.54) is 12.1 Å². The molecule has 2 saturated heterocycles. The Kier molecular flexibility index (Phi) is 7.03. The highest BCUT2D eigenvalue weighted by molar-refractivity contribution is 5.97. The third kappa shape index (κ3) is 5.03. The number of morpholine rings is 1. The number of nitro groups is 1. The molecule has 29 heavy (non-hydrogen) atoms. The van der Waals surface area contributed by atoms with Crippen molar-refractivity contribution < 1.29 is 24.0 Å². The van der Waals surface area contributed by atoms with Gasteiger partial charge in [-0.15, -0.1) is 0 Å². The minimum absolute atomic E-state index is 0.0968. The quantitative estimate of drug-likeness (QED) is 0.407. The molecule has 2 aliphatic rings. The van der Waals surface area contributed by atoms with Gasteiger partial charge >= 0.3 is 5.97 Å². The molecule has 9 heteroatoms. The Morgan fingerprint density at radius 1 is 1.24 bits per heavy atom. The maximum Gasteiger partial charge on any atom is 0.341 e. The lowest BCUT2D eigenvalue weighted by Gasteiger charge is -2.35. The summed E-state index contributed by atoms with van der Waals surface area (Å²) in [5.74, 6) is -0.947. The fourth-order valence-corrected chi connectivity index (χ4v) is 3.92. The Hall–Kier alpha value is -2.68. The van der Waals surface area contributed by atoms with E-state index in [1.807, 2.05) is 11.8 Å². The third-order valence-electron chi connectivity index (χ3n) is 5.51. The van der Waals surface area contributed by atoms with Crippen LogP contribution in [0.15, 0.2) is 18.2 Å². The number of nitro benzene ring substituents is 1. The summed E-state index contributed by atoms with van der Waals surface area (Å²) in [6.07, 6.45) is 3.87. The van der Waals surface area contributed by atoms with E-state index in [-0.39, 0.29) is 29.8 Å². The second-order valence-electron chi connectivity index (χ2n) is 7.28. The highest BCUT2D eigenvalue weighted by Gasteiger charge is 2.27. The predicted molar refractivity (Wildman–Crippen MR) is 106 cm³/mol. The summed E-state index contributed by atoms with van der Waals surface area (Å²) in [4.78, 5) is 39.7. The maximum absolute atomic E-state index is 12.7. The van der Waals surface area contributed by atoms with Gasteiger partial charge in [-0.25, -0.2) is 4.79 Å². The first-order valence-corrected chi connectivity index (χ1v) is 10.1. The summed E-state index contributed by atoms with van der Waals surface area (Å²) >= 11 is 0. The van der Waals surface area contributed by atoms with Crippen molar-refractivity contribution in [3.63, 3.8) is 0 Å². The van der Waals surface area contributed by atoms with Gasteiger partial charge in [0.1, 0.15) is 0 Å². The van der Waals surface area contributed by atoms with Crippen LogP contribution in [0.5, 0.6) is 0 Å². The molecule has 9 nitrogen and oxygen atoms in total. The molecule has 1 amide bonds. The third-order valence-corrected chi connectivity index (χ3v) is 5.51. The van der Waals surface area contributed by atoms with Crippen molar-refractivity contribution in [1.29, 1.82) is 0 Å². The van der Waals surface area contributed by atoms with Crippen molar-refractivity contribution in [2.45, 2.75) is 38.6 Å². The van der Waals surface area contributed by atoms with Crippen LogP contribution in [0.2, 0.25) is 0 Å². The standard InChI is InChI=1S/C20H27N3O6/c1-2-15-5-3-4-8-22(15)19(24)14-29-20(25)17-13-16(23(26)27)6-7-18(17)21-9-11-28-12-10-21/h6-7,13,15H,2-5,8-12,14H2,1H3/t15-/m0/s1. The van der Waals surface area contributed by atoms with Crippen LogP contribution in [0.3, 0.4) is 0 Å². The molecule has 1 aromatic carbocycles. The number of benzene rings is 1. The first-order valence-electron chi connectivity index (χ1n) is 10.1. The van der Waals surface area contributed by atoms with E-state index in [2.05, 4.69) is 0 Å². The smallest absolute Gasteiger partial charge is 0.341 e. The molecule has 0 unspecified atom stereocenters. The minimum Gasteiger partial charge on any atom is -0.452 e. The van der Waals surface area contributed by atoms with Crippen molar-refractivity contribution in [1.82, 2.24) is 4.90 Å². The van der Waals surface area contributed by atoms with Crippen LogP contribution in [0.4, 0.5) is 11.4 Å². The summed E-state index contributed by atoms with van der Waals surface area (Å²) in [7, 11) is 0. The molecule has 0 aliphatic carbocycles. The molecule has 3 rings (SSSR count). The Morgan fingerprint density at radius 2 is 2.00 bits per heavy atom. The van der Waals surface area contributed by atoms with E-state index in [9.17, 15) is 19.7 Å². The van der Waals surface area contributed by atoms with Gasteiger partial charge < -0.3 is 19.3 Å². The molecule has 0 N–H and O–H groups in total. The number of anilines is 1. The summed E-state index contributed by atoms with van der Waals surface area (Å²) in [5.41, 5.74) is 0.461. The van der Waals surface area contributed by atoms with E-state index < -0.39 is 10.9 Å². The molecule has 2 fully saturated rings. The van der Waals surface area contributed by atoms with Crippen molar-refractivity contribution in [2.24, 2.45) is 0 Å². The van der Waals surface area contributed by atoms with Gasteiger partial charge in [0, 0.05) is 37.8 Å². The van der Waals surface area contributed by atoms with Crippen molar-refractivity contribution in [2.75, 3.05) is 44.4 Å². The monoisotopic (exact) mass is 405 g/mol. The van der Waals surface area contributed by atoms with Gasteiger partial charge in [0.15, 0.2) is 6.61 Å². The first-order chi connectivity index (χ1) is 14.0. The number of amides is 1. The average Bonchev–Trinajstić information content (AvgIpc) is 2.77. The number of ether oxygens (including phenoxy) is 2. The normalized spacial score (nSPS) is 19.7. The zero-order valence-electron chi connectivity index (χ0n) is 16.7. The predicted octanol–water partition coefficient (Wildman–Crippen LogP) is 2.38. The molecule has 0 bridgehead atoms. The molecular formula is C20H27N3O6. The van der Waals surface area contributed by atoms with E-state index >= 15 is 0 Å². The number of piperidine rings is 1. The van der Waals surface area contributed by atoms with Gasteiger partial charge in [-0.2, -0.15) is 0 Å². The summed E-state index contributed by atoms with van der Waals surface area (Å²) in [6.45, 7) is 4.52. The Balaban J connectivity index is 1.73. The number of likely N-dealkylation sites (tertiary alicyclic amines) is 1. The summed E-state index contributed by atoms with van der Waals surface area (Å²) in [6, 6.07) is 4.32. The zero-order chi connectivity index (χ0) is 20.8. The largest absolute Gasteiger partial charge is 0.452 e. The Morgan fingerprint density at radius 3 is 2.69 bits per heavy atom. The zero-order valence-corrected chi connectivity index (χ0v) is 16.7. The number of esters is 1. The van der Waals surface area contributed by atoms with Gasteiger partial charge in [-0.1, -0.05) is 6.92 Å². The number of carbonyl (C=O) groups excluding carboxylic acids is 2. The van der Waals surface area contributed by atoms with Crippen LogP contribution in [-0.2, 0) is 14.3 Å². The lowest BCUT2D eigenvalue weighted by Crippen LogP contribution is -2.45. The molecule has 0 saturated carbocycles. The second-order valence-corrected chi connectivity index (χ2v) is 7.28. The summed E-state index contributed by atoms with van der Waals surface area (Å²) in [5, 5.41) is 11.2. The van der Waals surface area contributed by atoms with Crippen LogP contribution in [0.1, 0.15) is 43.0 Å². The fourth-order valence-electron chi connectivity index (χ4n) is 3.92. The van der Waals surface area contributed by atoms with Gasteiger partial charge in [0.05, 0.1) is 29.4 Å². The van der Waals surface area contributed by atoms with Crippen LogP contribution in [-0.4, -0.2) is 67.2 Å². The van der Waals surface area contributed by atoms with Gasteiger partial charge in [0.2, 0.25) is 0 Å². The lowest BCUT2D eigenvalue weighted by molar-refractivity contribution is -0.384. The topological polar surface area (TPSA) is 102 Å². The van der Waals surface area contributed by atoms with E-state index in [0.29, 0.717) is 38.5 Å². The molecule has 2 aliphatic heterocycles. The number of hydrogen-bond acceptors (Lipinski definition) is 7. The molecular weight excluding hydrogens is 378 g/mol. The molecule has 158 valence electrons. The lowest BCUT2D eigenvalue weighted by atomic mass is 10.00. The van der Waals surface area contributed by atoms with E-state index in [1.54, 1.807) is 11.0 Å². The molecule has 1 aromatic rings. The van der Waals surface area contributed by atoms with Gasteiger partial charge in [0.25, 0.3) is 11.6 Å². The number of carbonyl (C=O) groups is 2. The number of nitrogens with zero attached hydrogens (tertiary/aromatic N) is 3. The average molecular weight is 405 g/mol. The molecule has 0 radical (unpaired) electrons. The number of hydrogen-bond donors (Lipinski definition) is 0. The van der Waals surface area contributed by atoms with E-state index in [4.69, 9.17) is 9.47 Å². The Labute approximate surface area is 169 Å². The van der Waals surface area contributed by atoms with Crippen molar-refractivity contribution in [3.8, 4) is 0 Å².